The first-order chi connectivity index (χ1) is 6.90. The Morgan fingerprint density at radius 3 is 2.79 bits per heavy atom. The fourth-order valence-corrected chi connectivity index (χ4v) is 2.12. The predicted molar refractivity (Wildman–Crippen MR) is 60.8 cm³/mol. The van der Waals surface area contributed by atoms with Gasteiger partial charge >= 0.3 is 0 Å². The summed E-state index contributed by atoms with van der Waals surface area (Å²) in [6.07, 6.45) is 2.46. The van der Waals surface area contributed by atoms with E-state index in [1.54, 1.807) is 0 Å². The lowest BCUT2D eigenvalue weighted by atomic mass is 9.90. The molecule has 1 fully saturated rings. The maximum Gasteiger partial charge on any atom is 0.0494 e. The average Bonchev–Trinajstić information content (AvgIpc) is 2.30. The highest BCUT2D eigenvalue weighted by molar-refractivity contribution is 6.23. The van der Waals surface area contributed by atoms with Gasteiger partial charge in [-0.2, -0.15) is 0 Å². The first kappa shape index (κ1) is 9.81. The Morgan fingerprint density at radius 1 is 1.29 bits per heavy atom. The van der Waals surface area contributed by atoms with Gasteiger partial charge in [0.2, 0.25) is 0 Å². The molecule has 1 saturated heterocycles. The highest BCUT2D eigenvalue weighted by Crippen LogP contribution is 2.26. The van der Waals surface area contributed by atoms with Crippen molar-refractivity contribution in [1.82, 2.24) is 5.32 Å². The van der Waals surface area contributed by atoms with Crippen LogP contribution >= 0.6 is 11.8 Å². The Labute approximate surface area is 89.8 Å². The van der Waals surface area contributed by atoms with Crippen molar-refractivity contribution in [3.63, 3.8) is 0 Å². The minimum absolute atomic E-state index is 0.696. The van der Waals surface area contributed by atoms with E-state index in [9.17, 15) is 0 Å². The van der Waals surface area contributed by atoms with Crippen LogP contribution in [0.4, 0.5) is 5.69 Å². The van der Waals surface area contributed by atoms with E-state index in [2.05, 4.69) is 28.4 Å². The molecule has 0 bridgehead atoms. The third-order valence-corrected chi connectivity index (χ3v) is 3.02. The van der Waals surface area contributed by atoms with Crippen molar-refractivity contribution in [3.8, 4) is 0 Å². The molecule has 1 heterocycles. The summed E-state index contributed by atoms with van der Waals surface area (Å²) in [5.74, 6) is 0.696. The van der Waals surface area contributed by atoms with Crippen molar-refractivity contribution >= 4 is 17.5 Å². The molecule has 0 aliphatic carbocycles. The second-order valence-corrected chi connectivity index (χ2v) is 3.93. The van der Waals surface area contributed by atoms with Gasteiger partial charge < -0.3 is 5.32 Å². The fourth-order valence-electron chi connectivity index (χ4n) is 2.01. The molecule has 1 aliphatic rings. The van der Waals surface area contributed by atoms with E-state index in [0.29, 0.717) is 5.92 Å². The first-order valence-electron chi connectivity index (χ1n) is 5.07. The molecule has 0 amide bonds. The zero-order valence-corrected chi connectivity index (χ0v) is 8.85. The molecule has 2 rings (SSSR count). The molecule has 1 aromatic rings. The van der Waals surface area contributed by atoms with Gasteiger partial charge in [0.15, 0.2) is 0 Å². The second kappa shape index (κ2) is 4.67. The van der Waals surface area contributed by atoms with E-state index >= 15 is 0 Å². The highest BCUT2D eigenvalue weighted by Gasteiger charge is 2.14. The van der Waals surface area contributed by atoms with Gasteiger partial charge in [0.1, 0.15) is 0 Å². The number of anilines is 1. The number of hydrogen-bond acceptors (Lipinski definition) is 2. The average molecular weight is 211 g/mol. The molecule has 0 atom stereocenters. The number of rotatable bonds is 2. The third-order valence-electron chi connectivity index (χ3n) is 2.81. The monoisotopic (exact) mass is 210 g/mol. The maximum absolute atomic E-state index is 5.58. The molecular formula is C11H15ClN2. The van der Waals surface area contributed by atoms with E-state index in [1.165, 1.54) is 18.4 Å². The quantitative estimate of drug-likeness (QED) is 0.734. The van der Waals surface area contributed by atoms with Crippen LogP contribution in [0.1, 0.15) is 24.3 Å². The van der Waals surface area contributed by atoms with E-state index in [-0.39, 0.29) is 0 Å². The largest absolute Gasteiger partial charge is 0.317 e. The van der Waals surface area contributed by atoms with E-state index in [0.717, 1.165) is 18.8 Å². The molecule has 0 aromatic heterocycles. The van der Waals surface area contributed by atoms with E-state index in [1.807, 2.05) is 6.07 Å². The van der Waals surface area contributed by atoms with E-state index < -0.39 is 0 Å². The molecule has 0 radical (unpaired) electrons. The Kier molecular flexibility index (Phi) is 3.27. The van der Waals surface area contributed by atoms with E-state index in [4.69, 9.17) is 11.8 Å². The van der Waals surface area contributed by atoms with Crippen LogP contribution in [0.3, 0.4) is 0 Å². The summed E-state index contributed by atoms with van der Waals surface area (Å²) < 4.78 is 0. The topological polar surface area (TPSA) is 24.1 Å². The van der Waals surface area contributed by atoms with Crippen LogP contribution in [0.25, 0.3) is 0 Å². The Hall–Kier alpha value is -0.730. The Morgan fingerprint density at radius 2 is 2.07 bits per heavy atom. The lowest BCUT2D eigenvalue weighted by Crippen LogP contribution is -2.26. The maximum atomic E-state index is 5.58. The Bertz CT molecular complexity index is 295. The minimum Gasteiger partial charge on any atom is -0.317 e. The minimum atomic E-state index is 0.696. The predicted octanol–water partition coefficient (Wildman–Crippen LogP) is 2.72. The van der Waals surface area contributed by atoms with Gasteiger partial charge in [-0.3, -0.25) is 4.84 Å². The summed E-state index contributed by atoms with van der Waals surface area (Å²) in [6, 6.07) is 8.37. The summed E-state index contributed by atoms with van der Waals surface area (Å²) in [5, 5.41) is 3.37. The van der Waals surface area contributed by atoms with Crippen LogP contribution in [0.2, 0.25) is 0 Å². The molecule has 0 spiro atoms. The van der Waals surface area contributed by atoms with Gasteiger partial charge in [-0.25, -0.2) is 0 Å². The molecule has 2 nitrogen and oxygen atoms in total. The molecular weight excluding hydrogens is 196 g/mol. The summed E-state index contributed by atoms with van der Waals surface area (Å²) in [7, 11) is 0. The fraction of sp³-hybridized carbons (Fsp3) is 0.455. The summed E-state index contributed by atoms with van der Waals surface area (Å²) in [6.45, 7) is 2.26. The van der Waals surface area contributed by atoms with Gasteiger partial charge in [-0.05, 0) is 49.5 Å². The zero-order valence-electron chi connectivity index (χ0n) is 8.09. The standard InChI is InChI=1S/C11H15ClN2/c12-14-11-3-1-2-10(8-11)9-4-6-13-7-5-9/h1-3,8-9,13-14H,4-7H2. The van der Waals surface area contributed by atoms with Gasteiger partial charge in [0, 0.05) is 17.5 Å². The number of nitrogens with one attached hydrogen (secondary N) is 2. The molecule has 3 heteroatoms. The molecule has 0 unspecified atom stereocenters. The highest BCUT2D eigenvalue weighted by atomic mass is 35.5. The van der Waals surface area contributed by atoms with Crippen LogP contribution in [0.5, 0.6) is 0 Å². The third kappa shape index (κ3) is 2.20. The van der Waals surface area contributed by atoms with Crippen molar-refractivity contribution in [2.75, 3.05) is 17.9 Å². The van der Waals surface area contributed by atoms with Crippen molar-refractivity contribution in [1.29, 1.82) is 0 Å². The number of hydrogen-bond donors (Lipinski definition) is 2. The van der Waals surface area contributed by atoms with Gasteiger partial charge in [0.05, 0.1) is 0 Å². The normalized spacial score (nSPS) is 18.1. The lowest BCUT2D eigenvalue weighted by molar-refractivity contribution is 0.460. The zero-order chi connectivity index (χ0) is 9.80. The molecule has 14 heavy (non-hydrogen) atoms. The smallest absolute Gasteiger partial charge is 0.0494 e. The van der Waals surface area contributed by atoms with Crippen LogP contribution in [-0.4, -0.2) is 13.1 Å². The number of piperidine rings is 1. The molecule has 1 aliphatic heterocycles. The van der Waals surface area contributed by atoms with Crippen molar-refractivity contribution in [2.45, 2.75) is 18.8 Å². The summed E-state index contributed by atoms with van der Waals surface area (Å²) in [4.78, 5) is 2.66. The first-order valence-corrected chi connectivity index (χ1v) is 5.45. The van der Waals surface area contributed by atoms with Crippen molar-refractivity contribution in [2.24, 2.45) is 0 Å². The van der Waals surface area contributed by atoms with Gasteiger partial charge in [0.25, 0.3) is 0 Å². The van der Waals surface area contributed by atoms with Crippen molar-refractivity contribution in [3.05, 3.63) is 29.8 Å². The molecule has 0 saturated carbocycles. The van der Waals surface area contributed by atoms with Crippen LogP contribution in [-0.2, 0) is 0 Å². The lowest BCUT2D eigenvalue weighted by Gasteiger charge is -2.23. The van der Waals surface area contributed by atoms with Crippen LogP contribution in [0, 0.1) is 0 Å². The van der Waals surface area contributed by atoms with Gasteiger partial charge in [-0.15, -0.1) is 0 Å². The Balaban J connectivity index is 2.13. The SMILES string of the molecule is ClNc1cccc(C2CCNCC2)c1. The molecule has 2 N–H and O–H groups in total. The second-order valence-electron chi connectivity index (χ2n) is 3.74. The molecule has 76 valence electrons. The van der Waals surface area contributed by atoms with Crippen LogP contribution in [0.15, 0.2) is 24.3 Å². The van der Waals surface area contributed by atoms with Crippen molar-refractivity contribution < 1.29 is 0 Å². The number of benzene rings is 1. The van der Waals surface area contributed by atoms with Gasteiger partial charge in [-0.1, -0.05) is 12.1 Å². The number of halogens is 1. The van der Waals surface area contributed by atoms with Crippen LogP contribution < -0.4 is 10.2 Å². The summed E-state index contributed by atoms with van der Waals surface area (Å²) in [5.41, 5.74) is 2.39. The molecule has 1 aromatic carbocycles. The summed E-state index contributed by atoms with van der Waals surface area (Å²) >= 11 is 5.58.